The summed E-state index contributed by atoms with van der Waals surface area (Å²) in [6.07, 6.45) is 8.09. The Morgan fingerprint density at radius 2 is 1.84 bits per heavy atom. The molecule has 1 saturated heterocycles. The molecule has 0 saturated carbocycles. The molecule has 1 aromatic rings. The fourth-order valence-corrected chi connectivity index (χ4v) is 6.11. The first-order valence-corrected chi connectivity index (χ1v) is 10.8. The Hall–Kier alpha value is -0.773. The molecule has 3 rings (SSSR count). The minimum absolute atomic E-state index is 0.116. The third-order valence-electron chi connectivity index (χ3n) is 4.22. The van der Waals surface area contributed by atoms with Crippen molar-refractivity contribution in [1.82, 2.24) is 0 Å². The molecule has 0 aliphatic carbocycles. The number of benzene rings is 1. The van der Waals surface area contributed by atoms with E-state index < -0.39 is 0 Å². The number of allylic oxidation sites excluding steroid dienone is 2. The summed E-state index contributed by atoms with van der Waals surface area (Å²) in [5.74, 6) is 0. The molecule has 1 atom stereocenters. The lowest BCUT2D eigenvalue weighted by molar-refractivity contribution is -0.0235. The Labute approximate surface area is 120 Å². The lowest BCUT2D eigenvalue weighted by Crippen LogP contribution is -2.38. The molecule has 102 valence electrons. The van der Waals surface area contributed by atoms with Crippen LogP contribution < -0.4 is 0 Å². The van der Waals surface area contributed by atoms with Crippen molar-refractivity contribution < 1.29 is 4.74 Å². The van der Waals surface area contributed by atoms with Gasteiger partial charge in [-0.05, 0) is 52.7 Å². The van der Waals surface area contributed by atoms with E-state index in [0.717, 1.165) is 6.61 Å². The zero-order valence-electron chi connectivity index (χ0n) is 11.5. The average Bonchev–Trinajstić information content (AvgIpc) is 3.02. The van der Waals surface area contributed by atoms with Crippen molar-refractivity contribution in [3.05, 3.63) is 52.8 Å². The Bertz CT molecular complexity index is 474. The molecule has 3 heteroatoms. The van der Waals surface area contributed by atoms with Gasteiger partial charge in [0.1, 0.15) is 0 Å². The van der Waals surface area contributed by atoms with E-state index >= 15 is 0 Å². The number of thiol groups is 1. The Morgan fingerprint density at radius 1 is 1.11 bits per heavy atom. The van der Waals surface area contributed by atoms with Gasteiger partial charge in [0.05, 0.1) is 14.7 Å². The number of rotatable bonds is 3. The van der Waals surface area contributed by atoms with Crippen molar-refractivity contribution in [3.8, 4) is 0 Å². The van der Waals surface area contributed by atoms with Gasteiger partial charge < -0.3 is 4.74 Å². The van der Waals surface area contributed by atoms with Crippen LogP contribution in [0.1, 0.15) is 24.8 Å². The van der Waals surface area contributed by atoms with E-state index in [1.807, 2.05) is 0 Å². The highest BCUT2D eigenvalue weighted by molar-refractivity contribution is 8.22. The second-order valence-electron chi connectivity index (χ2n) is 5.29. The monoisotopic (exact) mass is 290 g/mol. The maximum atomic E-state index is 6.21. The fraction of sp³-hybridized carbons (Fsp3) is 0.375. The van der Waals surface area contributed by atoms with Crippen LogP contribution in [0, 0.1) is 0 Å². The molecule has 0 N–H and O–H groups in total. The van der Waals surface area contributed by atoms with E-state index in [0.29, 0.717) is 0 Å². The van der Waals surface area contributed by atoms with Crippen LogP contribution in [0.2, 0.25) is 6.55 Å². The fourth-order valence-electron chi connectivity index (χ4n) is 3.01. The molecule has 1 aromatic carbocycles. The SMILES string of the molecule is C[SiH2]C1(c2ccc([SH]3C=CC=C3)cc2)CCCCO1. The molecular weight excluding hydrogens is 268 g/mol. The molecule has 0 bridgehead atoms. The summed E-state index contributed by atoms with van der Waals surface area (Å²) in [7, 11) is -0.393. The van der Waals surface area contributed by atoms with E-state index in [-0.39, 0.29) is 25.6 Å². The van der Waals surface area contributed by atoms with E-state index in [9.17, 15) is 0 Å². The van der Waals surface area contributed by atoms with Crippen molar-refractivity contribution in [2.24, 2.45) is 0 Å². The largest absolute Gasteiger partial charge is 0.375 e. The van der Waals surface area contributed by atoms with Crippen LogP contribution in [0.25, 0.3) is 0 Å². The van der Waals surface area contributed by atoms with Gasteiger partial charge in [0.2, 0.25) is 0 Å². The van der Waals surface area contributed by atoms with Crippen molar-refractivity contribution in [1.29, 1.82) is 0 Å². The molecular formula is C16H22OSSi. The maximum absolute atomic E-state index is 6.21. The first kappa shape index (κ1) is 13.2. The van der Waals surface area contributed by atoms with Gasteiger partial charge in [-0.3, -0.25) is 0 Å². The van der Waals surface area contributed by atoms with Crippen LogP contribution >= 0.6 is 10.9 Å². The summed E-state index contributed by atoms with van der Waals surface area (Å²) < 4.78 is 6.21. The Morgan fingerprint density at radius 3 is 2.42 bits per heavy atom. The second kappa shape index (κ2) is 5.69. The molecule has 1 nitrogen and oxygen atoms in total. The highest BCUT2D eigenvalue weighted by Gasteiger charge is 2.33. The van der Waals surface area contributed by atoms with Crippen LogP contribution in [-0.4, -0.2) is 16.1 Å². The summed E-state index contributed by atoms with van der Waals surface area (Å²) in [4.78, 5) is 1.45. The molecule has 0 aromatic heterocycles. The highest BCUT2D eigenvalue weighted by atomic mass is 32.2. The third-order valence-corrected chi connectivity index (χ3v) is 8.21. The Balaban J connectivity index is 1.84. The summed E-state index contributed by atoms with van der Waals surface area (Å²) in [5.41, 5.74) is 1.42. The normalized spacial score (nSPS) is 28.6. The average molecular weight is 291 g/mol. The predicted octanol–water partition coefficient (Wildman–Crippen LogP) is 3.66. The standard InChI is InChI=1S/C16H22OSSi/c1-19-16(10-2-3-11-17-16)14-6-8-15(9-7-14)18-12-4-5-13-18/h4-9,12-13,18H,2-3,10-11,19H2,1H3. The molecule has 1 unspecified atom stereocenters. The molecule has 2 aliphatic rings. The summed E-state index contributed by atoms with van der Waals surface area (Å²) >= 11 is 0. The zero-order valence-corrected chi connectivity index (χ0v) is 13.8. The van der Waals surface area contributed by atoms with Gasteiger partial charge in [-0.25, -0.2) is 0 Å². The number of ether oxygens (including phenoxy) is 1. The Kier molecular flexibility index (Phi) is 3.96. The first-order chi connectivity index (χ1) is 9.34. The van der Waals surface area contributed by atoms with Gasteiger partial charge in [-0.2, -0.15) is 10.9 Å². The van der Waals surface area contributed by atoms with E-state index in [1.165, 1.54) is 29.7 Å². The molecule has 2 heterocycles. The summed E-state index contributed by atoms with van der Waals surface area (Å²) in [6, 6.07) is 9.26. The van der Waals surface area contributed by atoms with Crippen LogP contribution in [-0.2, 0) is 9.96 Å². The lowest BCUT2D eigenvalue weighted by atomic mass is 10.0. The van der Waals surface area contributed by atoms with Gasteiger partial charge >= 0.3 is 0 Å². The zero-order chi connectivity index (χ0) is 13.1. The van der Waals surface area contributed by atoms with Crippen molar-refractivity contribution in [2.75, 3.05) is 6.61 Å². The molecule has 19 heavy (non-hydrogen) atoms. The van der Waals surface area contributed by atoms with E-state index in [4.69, 9.17) is 4.74 Å². The minimum atomic E-state index is -0.212. The molecule has 0 spiro atoms. The van der Waals surface area contributed by atoms with Gasteiger partial charge in [0.25, 0.3) is 0 Å². The van der Waals surface area contributed by atoms with Crippen LogP contribution in [0.15, 0.2) is 52.1 Å². The van der Waals surface area contributed by atoms with Crippen molar-refractivity contribution in [2.45, 2.75) is 35.9 Å². The quantitative estimate of drug-likeness (QED) is 0.660. The van der Waals surface area contributed by atoms with Gasteiger partial charge in [-0.15, -0.1) is 0 Å². The topological polar surface area (TPSA) is 9.23 Å². The van der Waals surface area contributed by atoms with Gasteiger partial charge in [0, 0.05) is 6.61 Å². The van der Waals surface area contributed by atoms with Gasteiger partial charge in [0.15, 0.2) is 0 Å². The molecule has 2 aliphatic heterocycles. The van der Waals surface area contributed by atoms with Crippen LogP contribution in [0.3, 0.4) is 0 Å². The number of hydrogen-bond acceptors (Lipinski definition) is 1. The third kappa shape index (κ3) is 2.60. The number of hydrogen-bond donors (Lipinski definition) is 1. The summed E-state index contributed by atoms with van der Waals surface area (Å²) in [6.45, 7) is 3.33. The maximum Gasteiger partial charge on any atom is 0.0755 e. The van der Waals surface area contributed by atoms with Crippen molar-refractivity contribution in [3.63, 3.8) is 0 Å². The minimum Gasteiger partial charge on any atom is -0.375 e. The molecule has 0 radical (unpaired) electrons. The van der Waals surface area contributed by atoms with Crippen LogP contribution in [0.4, 0.5) is 0 Å². The summed E-state index contributed by atoms with van der Waals surface area (Å²) in [5, 5.41) is 4.74. The predicted molar refractivity (Wildman–Crippen MR) is 87.9 cm³/mol. The highest BCUT2D eigenvalue weighted by Crippen LogP contribution is 2.43. The smallest absolute Gasteiger partial charge is 0.0755 e. The molecule has 1 fully saturated rings. The van der Waals surface area contributed by atoms with Crippen molar-refractivity contribution >= 4 is 20.4 Å². The lowest BCUT2D eigenvalue weighted by Gasteiger charge is -2.37. The van der Waals surface area contributed by atoms with E-state index in [2.05, 4.69) is 53.8 Å². The van der Waals surface area contributed by atoms with E-state index in [1.54, 1.807) is 0 Å². The first-order valence-electron chi connectivity index (χ1n) is 7.22. The van der Waals surface area contributed by atoms with Crippen LogP contribution in [0.5, 0.6) is 0 Å². The molecule has 0 amide bonds. The van der Waals surface area contributed by atoms with Gasteiger partial charge in [-0.1, -0.05) is 30.8 Å². The second-order valence-corrected chi connectivity index (χ2v) is 9.07.